The summed E-state index contributed by atoms with van der Waals surface area (Å²) in [5, 5.41) is 1.78. The maximum absolute atomic E-state index is 12.6. The van der Waals surface area contributed by atoms with Crippen LogP contribution < -0.4 is 10.1 Å². The van der Waals surface area contributed by atoms with E-state index in [4.69, 9.17) is 4.74 Å². The van der Waals surface area contributed by atoms with Gasteiger partial charge in [0.05, 0.1) is 28.8 Å². The van der Waals surface area contributed by atoms with Crippen LogP contribution in [-0.4, -0.2) is 46.6 Å². The third-order valence-corrected chi connectivity index (χ3v) is 8.59. The molecule has 7 nitrogen and oxygen atoms in total. The molecule has 2 aromatic carbocycles. The lowest BCUT2D eigenvalue weighted by atomic mass is 10.2. The first-order chi connectivity index (χ1) is 12.7. The molecule has 144 valence electrons. The highest BCUT2D eigenvalue weighted by Crippen LogP contribution is 2.26. The number of sulfone groups is 2. The van der Waals surface area contributed by atoms with Gasteiger partial charge in [-0.3, -0.25) is 4.79 Å². The number of benzene rings is 2. The lowest BCUT2D eigenvalue weighted by Crippen LogP contribution is -2.22. The van der Waals surface area contributed by atoms with E-state index in [1.54, 1.807) is 24.3 Å². The van der Waals surface area contributed by atoms with E-state index in [9.17, 15) is 21.6 Å². The van der Waals surface area contributed by atoms with Crippen molar-refractivity contribution in [3.8, 4) is 5.75 Å². The Morgan fingerprint density at radius 2 is 1.85 bits per heavy atom. The van der Waals surface area contributed by atoms with E-state index in [1.807, 2.05) is 0 Å². The lowest BCUT2D eigenvalue weighted by molar-refractivity contribution is 0.102. The molecule has 1 atom stereocenters. The lowest BCUT2D eigenvalue weighted by Gasteiger charge is -2.11. The molecule has 0 aliphatic carbocycles. The highest BCUT2D eigenvalue weighted by molar-refractivity contribution is 7.96. The molecular weight excluding hydrogens is 390 g/mol. The van der Waals surface area contributed by atoms with Crippen LogP contribution in [0.2, 0.25) is 0 Å². The van der Waals surface area contributed by atoms with Crippen LogP contribution in [0.3, 0.4) is 0 Å². The van der Waals surface area contributed by atoms with Crippen molar-refractivity contribution in [3.05, 3.63) is 54.1 Å². The Labute approximate surface area is 158 Å². The third kappa shape index (κ3) is 4.30. The number of rotatable bonds is 5. The molecule has 0 saturated carbocycles. The highest BCUT2D eigenvalue weighted by Gasteiger charge is 2.37. The van der Waals surface area contributed by atoms with E-state index in [0.717, 1.165) is 0 Å². The van der Waals surface area contributed by atoms with Crippen molar-refractivity contribution in [1.82, 2.24) is 0 Å². The van der Waals surface area contributed by atoms with Gasteiger partial charge in [-0.2, -0.15) is 0 Å². The Balaban J connectivity index is 1.75. The minimum Gasteiger partial charge on any atom is -0.497 e. The fourth-order valence-electron chi connectivity index (χ4n) is 2.90. The van der Waals surface area contributed by atoms with Crippen molar-refractivity contribution in [3.63, 3.8) is 0 Å². The van der Waals surface area contributed by atoms with Gasteiger partial charge in [0.15, 0.2) is 19.7 Å². The van der Waals surface area contributed by atoms with Gasteiger partial charge in [-0.1, -0.05) is 6.07 Å². The Morgan fingerprint density at radius 1 is 1.15 bits per heavy atom. The Morgan fingerprint density at radius 3 is 2.44 bits per heavy atom. The molecule has 1 fully saturated rings. The zero-order valence-corrected chi connectivity index (χ0v) is 16.2. The quantitative estimate of drug-likeness (QED) is 0.808. The maximum Gasteiger partial charge on any atom is 0.255 e. The van der Waals surface area contributed by atoms with Crippen molar-refractivity contribution in [2.24, 2.45) is 0 Å². The second-order valence-corrected chi connectivity index (χ2v) is 10.7. The number of amides is 1. The number of carbonyl (C=O) groups excluding carboxylic acids is 1. The molecule has 1 heterocycles. The molecule has 0 aromatic heterocycles. The smallest absolute Gasteiger partial charge is 0.255 e. The predicted octanol–water partition coefficient (Wildman–Crippen LogP) is 1.91. The first-order valence-electron chi connectivity index (χ1n) is 8.21. The zero-order chi connectivity index (χ0) is 19.7. The highest BCUT2D eigenvalue weighted by atomic mass is 32.2. The molecule has 3 rings (SSSR count). The van der Waals surface area contributed by atoms with E-state index >= 15 is 0 Å². The van der Waals surface area contributed by atoms with Crippen LogP contribution in [0.4, 0.5) is 5.69 Å². The topological polar surface area (TPSA) is 107 Å². The molecule has 1 N–H and O–H groups in total. The van der Waals surface area contributed by atoms with Gasteiger partial charge in [0, 0.05) is 17.3 Å². The molecule has 0 spiro atoms. The van der Waals surface area contributed by atoms with Crippen molar-refractivity contribution >= 4 is 31.3 Å². The summed E-state index contributed by atoms with van der Waals surface area (Å²) < 4.78 is 53.4. The Bertz CT molecular complexity index is 1060. The summed E-state index contributed by atoms with van der Waals surface area (Å²) in [4.78, 5) is 12.4. The molecule has 0 radical (unpaired) electrons. The summed E-state index contributed by atoms with van der Waals surface area (Å²) in [6, 6.07) is 12.3. The first kappa shape index (κ1) is 19.4. The van der Waals surface area contributed by atoms with Gasteiger partial charge in [-0.05, 0) is 42.8 Å². The van der Waals surface area contributed by atoms with Crippen LogP contribution in [0.5, 0.6) is 5.75 Å². The number of carbonyl (C=O) groups is 1. The maximum atomic E-state index is 12.6. The van der Waals surface area contributed by atoms with Gasteiger partial charge in [0.25, 0.3) is 5.91 Å². The van der Waals surface area contributed by atoms with E-state index in [-0.39, 0.29) is 28.4 Å². The van der Waals surface area contributed by atoms with Gasteiger partial charge < -0.3 is 10.1 Å². The molecule has 1 aliphatic heterocycles. The van der Waals surface area contributed by atoms with Crippen LogP contribution in [0, 0.1) is 0 Å². The second-order valence-electron chi connectivity index (χ2n) is 6.28. The van der Waals surface area contributed by atoms with Crippen LogP contribution in [0.25, 0.3) is 0 Å². The van der Waals surface area contributed by atoms with Gasteiger partial charge in [0.1, 0.15) is 5.75 Å². The normalized spacial score (nSPS) is 18.8. The average molecular weight is 409 g/mol. The fraction of sp³-hybridized carbons (Fsp3) is 0.278. The van der Waals surface area contributed by atoms with E-state index in [2.05, 4.69) is 5.32 Å². The van der Waals surface area contributed by atoms with Crippen molar-refractivity contribution < 1.29 is 26.4 Å². The zero-order valence-electron chi connectivity index (χ0n) is 14.6. The number of hydrogen-bond acceptors (Lipinski definition) is 6. The first-order valence-corrected chi connectivity index (χ1v) is 11.6. The Kier molecular flexibility index (Phi) is 5.25. The monoisotopic (exact) mass is 409 g/mol. The Hall–Kier alpha value is -2.39. The average Bonchev–Trinajstić information content (AvgIpc) is 3.02. The van der Waals surface area contributed by atoms with E-state index < -0.39 is 30.8 Å². The number of nitrogens with one attached hydrogen (secondary N) is 1. The number of methoxy groups -OCH3 is 1. The van der Waals surface area contributed by atoms with Crippen LogP contribution in [0.15, 0.2) is 53.4 Å². The van der Waals surface area contributed by atoms with Gasteiger partial charge in [0.2, 0.25) is 0 Å². The summed E-state index contributed by atoms with van der Waals surface area (Å²) >= 11 is 0. The SMILES string of the molecule is COc1cccc(NC(=O)c2ccc(S(=O)(=O)C3CCS(=O)(=O)C3)cc2)c1. The molecule has 1 unspecified atom stereocenters. The van der Waals surface area contributed by atoms with Crippen LogP contribution >= 0.6 is 0 Å². The molecule has 9 heteroatoms. The molecule has 1 aliphatic rings. The molecule has 1 saturated heterocycles. The largest absolute Gasteiger partial charge is 0.497 e. The predicted molar refractivity (Wildman–Crippen MR) is 102 cm³/mol. The van der Waals surface area contributed by atoms with E-state index in [0.29, 0.717) is 11.4 Å². The van der Waals surface area contributed by atoms with Crippen molar-refractivity contribution in [2.75, 3.05) is 23.9 Å². The summed E-state index contributed by atoms with van der Waals surface area (Å²) in [5.41, 5.74) is 0.836. The molecule has 1 amide bonds. The second kappa shape index (κ2) is 7.32. The minimum atomic E-state index is -3.75. The summed E-state index contributed by atoms with van der Waals surface area (Å²) in [5.74, 6) is -0.262. The van der Waals surface area contributed by atoms with Crippen LogP contribution in [-0.2, 0) is 19.7 Å². The summed E-state index contributed by atoms with van der Waals surface area (Å²) in [7, 11) is -5.53. The van der Waals surface area contributed by atoms with E-state index in [1.165, 1.54) is 31.4 Å². The fourth-order valence-corrected chi connectivity index (χ4v) is 7.26. The number of anilines is 1. The standard InChI is InChI=1S/C18H19NO6S2/c1-25-15-4-2-3-14(11-15)19-18(20)13-5-7-16(8-6-13)27(23,24)17-9-10-26(21,22)12-17/h2-8,11,17H,9-10,12H2,1H3,(H,19,20). The number of hydrogen-bond donors (Lipinski definition) is 1. The molecule has 2 aromatic rings. The minimum absolute atomic E-state index is 0.0162. The van der Waals surface area contributed by atoms with Gasteiger partial charge in [-0.25, -0.2) is 16.8 Å². The molecular formula is C18H19NO6S2. The molecule has 27 heavy (non-hydrogen) atoms. The third-order valence-electron chi connectivity index (χ3n) is 4.40. The number of ether oxygens (including phenoxy) is 1. The summed E-state index contributed by atoms with van der Waals surface area (Å²) in [6.45, 7) is 0. The van der Waals surface area contributed by atoms with Gasteiger partial charge in [-0.15, -0.1) is 0 Å². The molecule has 0 bridgehead atoms. The van der Waals surface area contributed by atoms with Gasteiger partial charge >= 0.3 is 0 Å². The van der Waals surface area contributed by atoms with Crippen molar-refractivity contribution in [2.45, 2.75) is 16.6 Å². The summed E-state index contributed by atoms with van der Waals surface area (Å²) in [6.07, 6.45) is 0.0999. The van der Waals surface area contributed by atoms with Crippen molar-refractivity contribution in [1.29, 1.82) is 0 Å². The van der Waals surface area contributed by atoms with Crippen LogP contribution in [0.1, 0.15) is 16.8 Å².